The molecule has 0 unspecified atom stereocenters. The van der Waals surface area contributed by atoms with E-state index in [4.69, 9.17) is 5.53 Å². The second-order valence-corrected chi connectivity index (χ2v) is 6.56. The van der Waals surface area contributed by atoms with Crippen LogP contribution in [0.2, 0.25) is 0 Å². The summed E-state index contributed by atoms with van der Waals surface area (Å²) in [6, 6.07) is 23.6. The standard InChI is InChI=1S/C22H15N3O/c23-25-24-21-18-12-6-5-11-17(18)19-15-9-3-1-7-13(15)14-8-2-4-10-16(14)20(19)22(21)26/h1-12,21-22,26H/t21-,22-/m1/s1. The van der Waals surface area contributed by atoms with Gasteiger partial charge in [-0.15, -0.1) is 0 Å². The molecule has 0 amide bonds. The molecule has 0 radical (unpaired) electrons. The van der Waals surface area contributed by atoms with E-state index in [1.807, 2.05) is 54.6 Å². The van der Waals surface area contributed by atoms with E-state index in [1.54, 1.807) is 0 Å². The lowest BCUT2D eigenvalue weighted by atomic mass is 9.76. The second-order valence-electron chi connectivity index (χ2n) is 6.56. The Morgan fingerprint density at radius 3 is 2.08 bits per heavy atom. The number of fused-ring (bicyclic) bond motifs is 8. The molecule has 0 spiro atoms. The zero-order valence-corrected chi connectivity index (χ0v) is 13.9. The minimum atomic E-state index is -0.884. The van der Waals surface area contributed by atoms with Crippen LogP contribution in [0.5, 0.6) is 0 Å². The first-order chi connectivity index (χ1) is 12.8. The van der Waals surface area contributed by atoms with Crippen molar-refractivity contribution in [2.75, 3.05) is 0 Å². The van der Waals surface area contributed by atoms with Gasteiger partial charge in [-0.3, -0.25) is 0 Å². The van der Waals surface area contributed by atoms with Crippen LogP contribution >= 0.6 is 0 Å². The fourth-order valence-electron chi connectivity index (χ4n) is 4.26. The maximum Gasteiger partial charge on any atom is 0.0933 e. The Hall–Kier alpha value is -3.33. The Morgan fingerprint density at radius 1 is 0.769 bits per heavy atom. The molecule has 5 rings (SSSR count). The van der Waals surface area contributed by atoms with Gasteiger partial charge < -0.3 is 5.11 Å². The molecule has 0 saturated heterocycles. The number of azide groups is 1. The molecule has 0 saturated carbocycles. The first-order valence-electron chi connectivity index (χ1n) is 8.56. The molecule has 0 aromatic heterocycles. The van der Waals surface area contributed by atoms with Crippen LogP contribution in [0.1, 0.15) is 23.3 Å². The monoisotopic (exact) mass is 337 g/mol. The molecule has 124 valence electrons. The lowest BCUT2D eigenvalue weighted by Crippen LogP contribution is -2.16. The Kier molecular flexibility index (Phi) is 3.22. The van der Waals surface area contributed by atoms with Crippen molar-refractivity contribution in [3.63, 3.8) is 0 Å². The third-order valence-corrected chi connectivity index (χ3v) is 5.29. The fraction of sp³-hybridized carbons (Fsp3) is 0.0909. The van der Waals surface area contributed by atoms with Gasteiger partial charge in [-0.1, -0.05) is 77.9 Å². The number of aliphatic hydroxyl groups is 1. The molecule has 26 heavy (non-hydrogen) atoms. The summed E-state index contributed by atoms with van der Waals surface area (Å²) in [4.78, 5) is 2.99. The SMILES string of the molecule is [N-]=[N+]=N[C@@H]1c2ccccc2-c2c(c3ccccc3c3ccccc23)[C@H]1O. The van der Waals surface area contributed by atoms with Crippen molar-refractivity contribution in [3.8, 4) is 11.1 Å². The molecular formula is C22H15N3O. The van der Waals surface area contributed by atoms with Crippen molar-refractivity contribution in [2.45, 2.75) is 12.1 Å². The van der Waals surface area contributed by atoms with Gasteiger partial charge in [-0.2, -0.15) is 0 Å². The van der Waals surface area contributed by atoms with Crippen molar-refractivity contribution in [2.24, 2.45) is 5.11 Å². The van der Waals surface area contributed by atoms with Gasteiger partial charge in [0.25, 0.3) is 0 Å². The third kappa shape index (κ3) is 1.91. The summed E-state index contributed by atoms with van der Waals surface area (Å²) in [5, 5.41) is 19.5. The molecule has 0 bridgehead atoms. The number of aliphatic hydroxyl groups excluding tert-OH is 1. The topological polar surface area (TPSA) is 69.0 Å². The van der Waals surface area contributed by atoms with Crippen molar-refractivity contribution in [1.29, 1.82) is 0 Å². The minimum absolute atomic E-state index is 0.631. The first-order valence-corrected chi connectivity index (χ1v) is 8.56. The summed E-state index contributed by atoms with van der Waals surface area (Å²) >= 11 is 0. The predicted octanol–water partition coefficient (Wildman–Crippen LogP) is 6.06. The smallest absolute Gasteiger partial charge is 0.0933 e. The van der Waals surface area contributed by atoms with Gasteiger partial charge in [0.15, 0.2) is 0 Å². The molecule has 1 aliphatic rings. The van der Waals surface area contributed by atoms with Gasteiger partial charge in [0.2, 0.25) is 0 Å². The van der Waals surface area contributed by atoms with Crippen LogP contribution in [0.25, 0.3) is 43.1 Å². The van der Waals surface area contributed by atoms with Crippen LogP contribution in [0.15, 0.2) is 77.9 Å². The Balaban J connectivity index is 2.05. The van der Waals surface area contributed by atoms with E-state index in [9.17, 15) is 5.11 Å². The summed E-state index contributed by atoms with van der Waals surface area (Å²) in [6.45, 7) is 0. The van der Waals surface area contributed by atoms with Crippen molar-refractivity contribution in [1.82, 2.24) is 0 Å². The lowest BCUT2D eigenvalue weighted by Gasteiger charge is -2.32. The highest BCUT2D eigenvalue weighted by atomic mass is 16.3. The van der Waals surface area contributed by atoms with Crippen LogP contribution in [0, 0.1) is 0 Å². The fourth-order valence-corrected chi connectivity index (χ4v) is 4.26. The van der Waals surface area contributed by atoms with E-state index >= 15 is 0 Å². The van der Waals surface area contributed by atoms with Crippen LogP contribution < -0.4 is 0 Å². The summed E-state index contributed by atoms with van der Waals surface area (Å²) in [7, 11) is 0. The summed E-state index contributed by atoms with van der Waals surface area (Å²) < 4.78 is 0. The maximum atomic E-state index is 11.2. The van der Waals surface area contributed by atoms with Crippen LogP contribution in [-0.2, 0) is 0 Å². The molecule has 4 heteroatoms. The van der Waals surface area contributed by atoms with Gasteiger partial charge in [0.1, 0.15) is 0 Å². The molecule has 4 aromatic rings. The lowest BCUT2D eigenvalue weighted by molar-refractivity contribution is 0.147. The normalized spacial score (nSPS) is 18.2. The molecule has 0 aliphatic heterocycles. The van der Waals surface area contributed by atoms with Gasteiger partial charge >= 0.3 is 0 Å². The van der Waals surface area contributed by atoms with Crippen LogP contribution in [0.4, 0.5) is 0 Å². The van der Waals surface area contributed by atoms with Crippen LogP contribution in [0.3, 0.4) is 0 Å². The van der Waals surface area contributed by atoms with E-state index in [0.29, 0.717) is 0 Å². The molecule has 0 fully saturated rings. The number of hydrogen-bond acceptors (Lipinski definition) is 2. The molecular weight excluding hydrogens is 322 g/mol. The van der Waals surface area contributed by atoms with Gasteiger partial charge in [0, 0.05) is 4.91 Å². The summed E-state index contributed by atoms with van der Waals surface area (Å²) in [6.07, 6.45) is -0.884. The molecule has 0 heterocycles. The number of hydrogen-bond donors (Lipinski definition) is 1. The number of rotatable bonds is 1. The van der Waals surface area contributed by atoms with Crippen molar-refractivity contribution in [3.05, 3.63) is 94.4 Å². The molecule has 2 atom stereocenters. The molecule has 1 N–H and O–H groups in total. The largest absolute Gasteiger partial charge is 0.388 e. The highest BCUT2D eigenvalue weighted by Gasteiger charge is 2.34. The van der Waals surface area contributed by atoms with Crippen molar-refractivity contribution >= 4 is 21.5 Å². The highest BCUT2D eigenvalue weighted by Crippen LogP contribution is 2.51. The number of benzene rings is 4. The first kappa shape index (κ1) is 15.0. The van der Waals surface area contributed by atoms with Gasteiger partial charge in [-0.05, 0) is 49.3 Å². The van der Waals surface area contributed by atoms with Gasteiger partial charge in [0.05, 0.1) is 12.1 Å². The Bertz CT molecular complexity index is 1220. The van der Waals surface area contributed by atoms with Gasteiger partial charge in [-0.25, -0.2) is 0 Å². The maximum absolute atomic E-state index is 11.2. The number of nitrogens with zero attached hydrogens (tertiary/aromatic N) is 3. The zero-order chi connectivity index (χ0) is 17.7. The average molecular weight is 337 g/mol. The van der Waals surface area contributed by atoms with E-state index in [0.717, 1.165) is 43.8 Å². The summed E-state index contributed by atoms with van der Waals surface area (Å²) in [5.41, 5.74) is 12.8. The predicted molar refractivity (Wildman–Crippen MR) is 104 cm³/mol. The molecule has 4 aromatic carbocycles. The average Bonchev–Trinajstić information content (AvgIpc) is 2.70. The Labute approximate surface area is 150 Å². The third-order valence-electron chi connectivity index (χ3n) is 5.29. The quantitative estimate of drug-likeness (QED) is 0.195. The van der Waals surface area contributed by atoms with E-state index in [1.165, 1.54) is 0 Å². The second kappa shape index (κ2) is 5.60. The molecule has 4 nitrogen and oxygen atoms in total. The Morgan fingerprint density at radius 2 is 1.35 bits per heavy atom. The van der Waals surface area contributed by atoms with E-state index in [-0.39, 0.29) is 0 Å². The van der Waals surface area contributed by atoms with E-state index in [2.05, 4.69) is 28.2 Å². The van der Waals surface area contributed by atoms with Crippen molar-refractivity contribution < 1.29 is 5.11 Å². The highest BCUT2D eigenvalue weighted by molar-refractivity contribution is 6.16. The molecule has 1 aliphatic carbocycles. The summed E-state index contributed by atoms with van der Waals surface area (Å²) in [5.74, 6) is 0. The van der Waals surface area contributed by atoms with E-state index < -0.39 is 12.1 Å². The van der Waals surface area contributed by atoms with Crippen LogP contribution in [-0.4, -0.2) is 5.11 Å². The minimum Gasteiger partial charge on any atom is -0.388 e. The zero-order valence-electron chi connectivity index (χ0n) is 13.9.